The Labute approximate surface area is 97.2 Å². The van der Waals surface area contributed by atoms with Crippen molar-refractivity contribution in [3.63, 3.8) is 0 Å². The van der Waals surface area contributed by atoms with Crippen LogP contribution in [-0.4, -0.2) is 13.2 Å². The van der Waals surface area contributed by atoms with E-state index in [1.54, 1.807) is 7.11 Å². The van der Waals surface area contributed by atoms with Gasteiger partial charge in [-0.2, -0.15) is 0 Å². The zero-order chi connectivity index (χ0) is 11.8. The van der Waals surface area contributed by atoms with Crippen molar-refractivity contribution in [3.8, 4) is 12.3 Å². The zero-order valence-electron chi connectivity index (χ0n) is 9.95. The van der Waals surface area contributed by atoms with Gasteiger partial charge < -0.3 is 14.5 Å². The number of terminal acetylenes is 1. The topological polar surface area (TPSA) is 34.4 Å². The maximum atomic E-state index is 5.56. The van der Waals surface area contributed by atoms with E-state index in [1.165, 1.54) is 0 Å². The first-order valence-corrected chi connectivity index (χ1v) is 5.53. The molecule has 1 heterocycles. The lowest BCUT2D eigenvalue weighted by molar-refractivity contribution is 0.162. The van der Waals surface area contributed by atoms with Crippen LogP contribution in [0.15, 0.2) is 16.5 Å². The van der Waals surface area contributed by atoms with E-state index in [2.05, 4.69) is 18.2 Å². The minimum Gasteiger partial charge on any atom is -0.462 e. The van der Waals surface area contributed by atoms with Crippen LogP contribution in [-0.2, 0) is 17.9 Å². The van der Waals surface area contributed by atoms with E-state index in [9.17, 15) is 0 Å². The summed E-state index contributed by atoms with van der Waals surface area (Å²) in [6.45, 7) is 3.35. The summed E-state index contributed by atoms with van der Waals surface area (Å²) in [5.74, 6) is 4.44. The fourth-order valence-corrected chi connectivity index (χ4v) is 1.49. The zero-order valence-corrected chi connectivity index (χ0v) is 9.95. The van der Waals surface area contributed by atoms with Gasteiger partial charge in [0.2, 0.25) is 0 Å². The highest BCUT2D eigenvalue weighted by molar-refractivity contribution is 5.06. The van der Waals surface area contributed by atoms with Crippen LogP contribution < -0.4 is 5.32 Å². The molecular formula is C13H19NO2. The summed E-state index contributed by atoms with van der Waals surface area (Å²) >= 11 is 0. The largest absolute Gasteiger partial charge is 0.462 e. The molecule has 16 heavy (non-hydrogen) atoms. The first-order chi connectivity index (χ1) is 7.80. The molecule has 88 valence electrons. The number of methoxy groups -OCH3 is 1. The Hall–Kier alpha value is -1.24. The molecule has 1 unspecified atom stereocenters. The van der Waals surface area contributed by atoms with Crippen LogP contribution in [0.5, 0.6) is 0 Å². The van der Waals surface area contributed by atoms with Crippen molar-refractivity contribution < 1.29 is 9.15 Å². The lowest BCUT2D eigenvalue weighted by atomic mass is 10.1. The van der Waals surface area contributed by atoms with Gasteiger partial charge in [-0.3, -0.25) is 0 Å². The highest BCUT2D eigenvalue weighted by Gasteiger charge is 2.06. The molecule has 1 aromatic heterocycles. The molecular weight excluding hydrogens is 202 g/mol. The quantitative estimate of drug-likeness (QED) is 0.717. The lowest BCUT2D eigenvalue weighted by Crippen LogP contribution is -2.27. The number of nitrogens with one attached hydrogen (secondary N) is 1. The Balaban J connectivity index is 2.38. The van der Waals surface area contributed by atoms with Crippen LogP contribution in [0.1, 0.15) is 31.3 Å². The third kappa shape index (κ3) is 4.09. The Kier molecular flexibility index (Phi) is 5.69. The van der Waals surface area contributed by atoms with Crippen LogP contribution in [0.2, 0.25) is 0 Å². The summed E-state index contributed by atoms with van der Waals surface area (Å²) in [7, 11) is 1.65. The maximum Gasteiger partial charge on any atom is 0.129 e. The number of hydrogen-bond donors (Lipinski definition) is 1. The van der Waals surface area contributed by atoms with Crippen molar-refractivity contribution in [1.29, 1.82) is 0 Å². The maximum absolute atomic E-state index is 5.56. The predicted molar refractivity (Wildman–Crippen MR) is 63.8 cm³/mol. The van der Waals surface area contributed by atoms with E-state index >= 15 is 0 Å². The Morgan fingerprint density at radius 3 is 2.88 bits per heavy atom. The van der Waals surface area contributed by atoms with Crippen LogP contribution in [0.4, 0.5) is 0 Å². The molecule has 0 saturated carbocycles. The van der Waals surface area contributed by atoms with Gasteiger partial charge >= 0.3 is 0 Å². The number of hydrogen-bond acceptors (Lipinski definition) is 3. The smallest absolute Gasteiger partial charge is 0.129 e. The molecule has 0 bridgehead atoms. The van der Waals surface area contributed by atoms with E-state index in [0.717, 1.165) is 24.4 Å². The fourth-order valence-electron chi connectivity index (χ4n) is 1.49. The van der Waals surface area contributed by atoms with Gasteiger partial charge in [-0.1, -0.05) is 6.92 Å². The molecule has 0 aliphatic rings. The molecule has 0 radical (unpaired) electrons. The van der Waals surface area contributed by atoms with E-state index in [1.807, 2.05) is 12.1 Å². The van der Waals surface area contributed by atoms with Crippen LogP contribution >= 0.6 is 0 Å². The van der Waals surface area contributed by atoms with Gasteiger partial charge in [-0.15, -0.1) is 12.3 Å². The Morgan fingerprint density at radius 1 is 1.50 bits per heavy atom. The summed E-state index contributed by atoms with van der Waals surface area (Å²) < 4.78 is 10.5. The van der Waals surface area contributed by atoms with Gasteiger partial charge in [0.15, 0.2) is 0 Å². The van der Waals surface area contributed by atoms with Gasteiger partial charge in [0.25, 0.3) is 0 Å². The molecule has 0 amide bonds. The van der Waals surface area contributed by atoms with Crippen molar-refractivity contribution in [3.05, 3.63) is 23.7 Å². The van der Waals surface area contributed by atoms with Crippen molar-refractivity contribution in [1.82, 2.24) is 5.32 Å². The van der Waals surface area contributed by atoms with Crippen molar-refractivity contribution in [2.45, 2.75) is 39.0 Å². The second-order valence-electron chi connectivity index (χ2n) is 3.70. The van der Waals surface area contributed by atoms with Gasteiger partial charge in [-0.25, -0.2) is 0 Å². The van der Waals surface area contributed by atoms with E-state index in [0.29, 0.717) is 19.2 Å². The standard InChI is InChI=1S/C13H19NO2/c1-4-6-11(5-2)14-9-12-7-8-13(16-12)10-15-3/h1,7-8,11,14H,5-6,9-10H2,2-3H3. The SMILES string of the molecule is C#CCC(CC)NCc1ccc(COC)o1. The van der Waals surface area contributed by atoms with Gasteiger partial charge in [0.1, 0.15) is 18.1 Å². The average Bonchev–Trinajstić information content (AvgIpc) is 2.72. The molecule has 1 rings (SSSR count). The molecule has 0 saturated heterocycles. The van der Waals surface area contributed by atoms with Crippen molar-refractivity contribution >= 4 is 0 Å². The molecule has 0 aliphatic carbocycles. The molecule has 1 aromatic rings. The van der Waals surface area contributed by atoms with Crippen LogP contribution in [0.3, 0.4) is 0 Å². The predicted octanol–water partition coefficient (Wildman–Crippen LogP) is 2.32. The number of ether oxygens (including phenoxy) is 1. The second kappa shape index (κ2) is 7.10. The molecule has 1 N–H and O–H groups in total. The van der Waals surface area contributed by atoms with Gasteiger partial charge in [0.05, 0.1) is 6.54 Å². The normalized spacial score (nSPS) is 12.3. The molecule has 3 nitrogen and oxygen atoms in total. The summed E-state index contributed by atoms with van der Waals surface area (Å²) in [4.78, 5) is 0. The highest BCUT2D eigenvalue weighted by atomic mass is 16.5. The lowest BCUT2D eigenvalue weighted by Gasteiger charge is -2.12. The Bertz CT molecular complexity index is 338. The molecule has 0 aromatic carbocycles. The van der Waals surface area contributed by atoms with E-state index < -0.39 is 0 Å². The highest BCUT2D eigenvalue weighted by Crippen LogP contribution is 2.09. The first kappa shape index (κ1) is 12.8. The molecule has 3 heteroatoms. The van der Waals surface area contributed by atoms with Gasteiger partial charge in [-0.05, 0) is 18.6 Å². The molecule has 0 aliphatic heterocycles. The summed E-state index contributed by atoms with van der Waals surface area (Å²) in [5.41, 5.74) is 0. The molecule has 0 fully saturated rings. The summed E-state index contributed by atoms with van der Waals surface area (Å²) in [6, 6.07) is 4.26. The molecule has 0 spiro atoms. The second-order valence-corrected chi connectivity index (χ2v) is 3.70. The van der Waals surface area contributed by atoms with Crippen molar-refractivity contribution in [2.24, 2.45) is 0 Å². The van der Waals surface area contributed by atoms with Crippen molar-refractivity contribution in [2.75, 3.05) is 7.11 Å². The third-order valence-electron chi connectivity index (χ3n) is 2.43. The number of furan rings is 1. The monoisotopic (exact) mass is 221 g/mol. The fraction of sp³-hybridized carbons (Fsp3) is 0.538. The van der Waals surface area contributed by atoms with E-state index in [4.69, 9.17) is 15.6 Å². The molecule has 1 atom stereocenters. The average molecular weight is 221 g/mol. The Morgan fingerprint density at radius 2 is 2.25 bits per heavy atom. The third-order valence-corrected chi connectivity index (χ3v) is 2.43. The van der Waals surface area contributed by atoms with Crippen LogP contribution in [0, 0.1) is 12.3 Å². The minimum absolute atomic E-state index is 0.362. The van der Waals surface area contributed by atoms with E-state index in [-0.39, 0.29) is 0 Å². The summed E-state index contributed by atoms with van der Waals surface area (Å²) in [6.07, 6.45) is 7.06. The number of rotatable bonds is 7. The van der Waals surface area contributed by atoms with Gasteiger partial charge in [0, 0.05) is 19.6 Å². The summed E-state index contributed by atoms with van der Waals surface area (Å²) in [5, 5.41) is 3.36. The first-order valence-electron chi connectivity index (χ1n) is 5.53. The van der Waals surface area contributed by atoms with Crippen LogP contribution in [0.25, 0.3) is 0 Å². The minimum atomic E-state index is 0.362.